The van der Waals surface area contributed by atoms with Gasteiger partial charge in [0, 0.05) is 6.55 Å². The van der Waals surface area contributed by atoms with Crippen LogP contribution in [0.25, 0.3) is 0 Å². The topological polar surface area (TPSA) is 27.7 Å². The maximum Gasteiger partial charge on any atom is 0.518 e. The maximum absolute atomic E-state index is 13.3. The van der Waals surface area contributed by atoms with Crippen molar-refractivity contribution < 1.29 is 16.5 Å². The Morgan fingerprint density at radius 1 is 1.36 bits per heavy atom. The van der Waals surface area contributed by atoms with Crippen LogP contribution in [0.2, 0.25) is 19.6 Å². The molecule has 1 heterocycles. The molecule has 1 aliphatic rings. The van der Waals surface area contributed by atoms with Gasteiger partial charge in [-0.3, -0.25) is 0 Å². The van der Waals surface area contributed by atoms with E-state index in [-0.39, 0.29) is 0 Å². The average Bonchev–Trinajstić information content (AvgIpc) is 1.49. The van der Waals surface area contributed by atoms with E-state index < -0.39 is 26.6 Å². The minimum absolute atomic E-state index is 1.42. The van der Waals surface area contributed by atoms with Crippen LogP contribution in [0.1, 0.15) is 0 Å². The molecule has 3 nitrogen and oxygen atoms in total. The molecule has 0 aliphatic carbocycles. The predicted octanol–water partition coefficient (Wildman–Crippen LogP) is -0.360. The fraction of sp³-hybridized carbons (Fsp3) is 1.00. The monoisotopic (exact) mass is 210 g/mol. The van der Waals surface area contributed by atoms with Gasteiger partial charge in [0.2, 0.25) is 0 Å². The normalized spacial score (nSPS) is 52.5. The van der Waals surface area contributed by atoms with Crippen LogP contribution < -0.4 is 0 Å². The fourth-order valence-corrected chi connectivity index (χ4v) is 12.2. The highest BCUT2D eigenvalue weighted by atomic mass is 28.5. The van der Waals surface area contributed by atoms with Crippen LogP contribution in [0.3, 0.4) is 0 Å². The summed E-state index contributed by atoms with van der Waals surface area (Å²) in [5.74, 6) is 0. The molecule has 11 heavy (non-hydrogen) atoms. The first-order valence-corrected chi connectivity index (χ1v) is 10.7. The van der Waals surface area contributed by atoms with Crippen molar-refractivity contribution in [3.63, 3.8) is 0 Å². The SMILES string of the molecule is B[Si]1(C)O[SiH](C)O[Si](C)(F)O1. The van der Waals surface area contributed by atoms with Gasteiger partial charge in [0.25, 0.3) is 8.43 Å². The van der Waals surface area contributed by atoms with E-state index >= 15 is 0 Å². The van der Waals surface area contributed by atoms with Crippen molar-refractivity contribution in [1.82, 2.24) is 0 Å². The summed E-state index contributed by atoms with van der Waals surface area (Å²) in [5.41, 5.74) is 0. The molecule has 3 unspecified atom stereocenters. The lowest BCUT2D eigenvalue weighted by molar-refractivity contribution is 0.222. The van der Waals surface area contributed by atoms with E-state index in [0.29, 0.717) is 0 Å². The molecule has 3 atom stereocenters. The smallest absolute Gasteiger partial charge is 0.424 e. The lowest BCUT2D eigenvalue weighted by Gasteiger charge is -2.38. The molecular weight excluding hydrogens is 198 g/mol. The summed E-state index contributed by atoms with van der Waals surface area (Å²) in [6.45, 7) is 5.11. The van der Waals surface area contributed by atoms with Gasteiger partial charge in [-0.1, -0.05) is 0 Å². The van der Waals surface area contributed by atoms with E-state index in [4.69, 9.17) is 12.3 Å². The van der Waals surface area contributed by atoms with E-state index in [1.807, 2.05) is 20.5 Å². The van der Waals surface area contributed by atoms with Crippen LogP contribution in [-0.2, 0) is 12.3 Å². The van der Waals surface area contributed by atoms with Crippen molar-refractivity contribution in [2.75, 3.05) is 0 Å². The van der Waals surface area contributed by atoms with E-state index in [9.17, 15) is 4.11 Å². The minimum atomic E-state index is -3.29. The standard InChI is InChI=1S/C3H12BFO3Si3/c1-9-6-10(2,4)8-11(3,5)7-9/h9H,4H2,1-3H3. The van der Waals surface area contributed by atoms with Crippen molar-refractivity contribution in [2.45, 2.75) is 19.6 Å². The highest BCUT2D eigenvalue weighted by Crippen LogP contribution is 2.23. The largest absolute Gasteiger partial charge is 0.518 e. The lowest BCUT2D eigenvalue weighted by Crippen LogP contribution is -2.60. The fourth-order valence-electron chi connectivity index (χ4n) is 1.21. The molecule has 1 rings (SSSR count). The van der Waals surface area contributed by atoms with Crippen molar-refractivity contribution in [3.05, 3.63) is 0 Å². The number of rotatable bonds is 0. The summed E-state index contributed by atoms with van der Waals surface area (Å²) in [7, 11) is -5.33. The third-order valence-electron chi connectivity index (χ3n) is 1.25. The predicted molar refractivity (Wildman–Crippen MR) is 49.2 cm³/mol. The Labute approximate surface area is 70.7 Å². The summed E-state index contributed by atoms with van der Waals surface area (Å²) < 4.78 is 28.9. The van der Waals surface area contributed by atoms with Crippen molar-refractivity contribution >= 4 is 34.0 Å². The van der Waals surface area contributed by atoms with Gasteiger partial charge in [-0.25, -0.2) is 4.11 Å². The summed E-state index contributed by atoms with van der Waals surface area (Å²) >= 11 is 0. The van der Waals surface area contributed by atoms with Crippen molar-refractivity contribution in [2.24, 2.45) is 0 Å². The lowest BCUT2D eigenvalue weighted by atomic mass is 10.8. The first-order valence-electron chi connectivity index (χ1n) is 3.55. The van der Waals surface area contributed by atoms with E-state index in [1.54, 1.807) is 0 Å². The van der Waals surface area contributed by atoms with Gasteiger partial charge in [-0.15, -0.1) is 0 Å². The molecule has 64 valence electrons. The Bertz CT molecular complexity index is 150. The molecule has 0 radical (unpaired) electrons. The molecule has 0 N–H and O–H groups in total. The molecular formula is C3H12BFO3Si3. The Kier molecular flexibility index (Phi) is 2.43. The van der Waals surface area contributed by atoms with Gasteiger partial charge in [0.05, 0.1) is 0 Å². The molecule has 0 aromatic carbocycles. The molecule has 0 aromatic heterocycles. The zero-order chi connectivity index (χ0) is 8.70. The zero-order valence-electron chi connectivity index (χ0n) is 7.18. The molecule has 0 amide bonds. The number of hydrogen-bond acceptors (Lipinski definition) is 3. The Hall–Kier alpha value is 0.526. The molecule has 0 aromatic rings. The van der Waals surface area contributed by atoms with Gasteiger partial charge in [-0.2, -0.15) is 0 Å². The average molecular weight is 210 g/mol. The zero-order valence-corrected chi connectivity index (χ0v) is 10.3. The second-order valence-corrected chi connectivity index (χ2v) is 11.4. The summed E-state index contributed by atoms with van der Waals surface area (Å²) in [6.07, 6.45) is 0. The van der Waals surface area contributed by atoms with Gasteiger partial charge in [0.15, 0.2) is 7.44 Å². The molecule has 1 fully saturated rings. The summed E-state index contributed by atoms with van der Waals surface area (Å²) in [4.78, 5) is 0. The van der Waals surface area contributed by atoms with Crippen LogP contribution >= 0.6 is 0 Å². The van der Waals surface area contributed by atoms with E-state index in [1.165, 1.54) is 6.55 Å². The van der Waals surface area contributed by atoms with Gasteiger partial charge in [0.1, 0.15) is 0 Å². The molecule has 0 bridgehead atoms. The highest BCUT2D eigenvalue weighted by molar-refractivity contribution is 7.14. The molecule has 0 saturated carbocycles. The van der Waals surface area contributed by atoms with Gasteiger partial charge in [-0.05, 0) is 13.1 Å². The number of hydrogen-bond donors (Lipinski definition) is 0. The van der Waals surface area contributed by atoms with E-state index in [2.05, 4.69) is 0 Å². The summed E-state index contributed by atoms with van der Waals surface area (Å²) in [6, 6.07) is 0. The second kappa shape index (κ2) is 2.78. The molecule has 0 spiro atoms. The van der Waals surface area contributed by atoms with Crippen LogP contribution in [0, 0.1) is 0 Å². The first-order chi connectivity index (χ1) is 4.81. The van der Waals surface area contributed by atoms with Crippen molar-refractivity contribution in [3.8, 4) is 0 Å². The van der Waals surface area contributed by atoms with E-state index in [0.717, 1.165) is 0 Å². The van der Waals surface area contributed by atoms with Crippen LogP contribution in [0.15, 0.2) is 0 Å². The quantitative estimate of drug-likeness (QED) is 0.403. The third-order valence-corrected chi connectivity index (χ3v) is 11.3. The number of halogens is 1. The molecule has 1 saturated heterocycles. The van der Waals surface area contributed by atoms with Crippen molar-refractivity contribution in [1.29, 1.82) is 0 Å². The van der Waals surface area contributed by atoms with Crippen LogP contribution in [0.5, 0.6) is 0 Å². The highest BCUT2D eigenvalue weighted by Gasteiger charge is 2.48. The molecule has 1 aliphatic heterocycles. The maximum atomic E-state index is 13.3. The Morgan fingerprint density at radius 2 is 1.91 bits per heavy atom. The second-order valence-electron chi connectivity index (χ2n) is 3.14. The van der Waals surface area contributed by atoms with Crippen LogP contribution in [-0.4, -0.2) is 34.0 Å². The van der Waals surface area contributed by atoms with Gasteiger partial charge >= 0.3 is 18.2 Å². The van der Waals surface area contributed by atoms with Crippen LogP contribution in [0.4, 0.5) is 4.11 Å². The third kappa shape index (κ3) is 2.80. The Morgan fingerprint density at radius 3 is 2.27 bits per heavy atom. The minimum Gasteiger partial charge on any atom is -0.424 e. The summed E-state index contributed by atoms with van der Waals surface area (Å²) in [5, 5.41) is 0. The van der Waals surface area contributed by atoms with Gasteiger partial charge < -0.3 is 12.3 Å². The Balaban J connectivity index is 2.66. The first kappa shape index (κ1) is 9.61. The molecule has 8 heteroatoms.